The fourth-order valence-corrected chi connectivity index (χ4v) is 3.74. The molecule has 32 heavy (non-hydrogen) atoms. The van der Waals surface area contributed by atoms with Gasteiger partial charge < -0.3 is 10.6 Å². The summed E-state index contributed by atoms with van der Waals surface area (Å²) in [4.78, 5) is 26.6. The van der Waals surface area contributed by atoms with Crippen molar-refractivity contribution in [2.24, 2.45) is 0 Å². The van der Waals surface area contributed by atoms with Gasteiger partial charge in [0, 0.05) is 25.1 Å². The maximum Gasteiger partial charge on any atom is 0.261 e. The van der Waals surface area contributed by atoms with Crippen molar-refractivity contribution in [3.8, 4) is 11.8 Å². The summed E-state index contributed by atoms with van der Waals surface area (Å²) in [5.41, 5.74) is 1.88. The lowest BCUT2D eigenvalue weighted by atomic mass is 10.2. The molecule has 0 unspecified atom stereocenters. The van der Waals surface area contributed by atoms with E-state index in [1.807, 2.05) is 0 Å². The second-order valence-electron chi connectivity index (χ2n) is 6.73. The highest BCUT2D eigenvalue weighted by Gasteiger charge is 2.14. The van der Waals surface area contributed by atoms with Crippen LogP contribution in [0.25, 0.3) is 0 Å². The molecule has 0 fully saturated rings. The summed E-state index contributed by atoms with van der Waals surface area (Å²) in [5, 5.41) is 5.19. The summed E-state index contributed by atoms with van der Waals surface area (Å²) in [7, 11) is -3.82. The van der Waals surface area contributed by atoms with E-state index in [-0.39, 0.29) is 16.7 Å². The Morgan fingerprint density at radius 1 is 0.812 bits per heavy atom. The zero-order valence-electron chi connectivity index (χ0n) is 17.3. The normalized spacial score (nSPS) is 10.4. The molecule has 0 atom stereocenters. The maximum absolute atomic E-state index is 12.7. The van der Waals surface area contributed by atoms with E-state index >= 15 is 0 Å². The molecule has 3 N–H and O–H groups in total. The van der Waals surface area contributed by atoms with Crippen LogP contribution in [0.4, 0.5) is 17.2 Å². The number of nitrogens with zero attached hydrogens (tertiary/aromatic N) is 1. The highest BCUT2D eigenvalue weighted by Crippen LogP contribution is 2.20. The smallest absolute Gasteiger partial charge is 0.261 e. The molecule has 8 nitrogen and oxygen atoms in total. The van der Waals surface area contributed by atoms with Crippen molar-refractivity contribution in [1.82, 2.24) is 4.98 Å². The topological polar surface area (TPSA) is 117 Å². The van der Waals surface area contributed by atoms with Gasteiger partial charge in [-0.05, 0) is 60.5 Å². The second-order valence-corrected chi connectivity index (χ2v) is 8.41. The third kappa shape index (κ3) is 6.42. The van der Waals surface area contributed by atoms with Gasteiger partial charge in [-0.1, -0.05) is 18.1 Å². The quantitative estimate of drug-likeness (QED) is 0.518. The molecule has 0 aliphatic rings. The Labute approximate surface area is 186 Å². The molecule has 0 saturated heterocycles. The van der Waals surface area contributed by atoms with Crippen LogP contribution in [0.5, 0.6) is 0 Å². The van der Waals surface area contributed by atoms with Crippen LogP contribution in [-0.4, -0.2) is 25.2 Å². The molecule has 162 valence electrons. The predicted octanol–water partition coefficient (Wildman–Crippen LogP) is 3.20. The van der Waals surface area contributed by atoms with Crippen molar-refractivity contribution < 1.29 is 18.0 Å². The summed E-state index contributed by atoms with van der Waals surface area (Å²) in [6.45, 7) is 2.77. The van der Waals surface area contributed by atoms with Gasteiger partial charge in [0.25, 0.3) is 10.0 Å². The first-order valence-electron chi connectivity index (χ1n) is 9.48. The third-order valence-electron chi connectivity index (χ3n) is 3.99. The number of rotatable bonds is 5. The van der Waals surface area contributed by atoms with Crippen LogP contribution >= 0.6 is 0 Å². The lowest BCUT2D eigenvalue weighted by Gasteiger charge is -2.10. The number of carbonyl (C=O) groups excluding carboxylic acids is 2. The zero-order valence-corrected chi connectivity index (χ0v) is 18.2. The van der Waals surface area contributed by atoms with Crippen LogP contribution in [0.3, 0.4) is 0 Å². The van der Waals surface area contributed by atoms with Gasteiger partial charge in [0.2, 0.25) is 11.8 Å². The van der Waals surface area contributed by atoms with Crippen LogP contribution in [0.15, 0.2) is 71.6 Å². The SMILES string of the molecule is CC(=O)Nc1cccc(NS(=O)(=O)c2ccc(C#Cc3cccc(NC(C)=O)n3)cc2)c1. The van der Waals surface area contributed by atoms with Crippen molar-refractivity contribution in [2.45, 2.75) is 18.7 Å². The number of pyridine rings is 1. The number of nitrogens with one attached hydrogen (secondary N) is 3. The minimum Gasteiger partial charge on any atom is -0.326 e. The van der Waals surface area contributed by atoms with E-state index in [1.54, 1.807) is 48.5 Å². The van der Waals surface area contributed by atoms with Gasteiger partial charge in [0.1, 0.15) is 11.5 Å². The first kappa shape index (κ1) is 22.5. The summed E-state index contributed by atoms with van der Waals surface area (Å²) in [6, 6.07) is 17.6. The highest BCUT2D eigenvalue weighted by molar-refractivity contribution is 7.92. The van der Waals surface area contributed by atoms with Crippen LogP contribution in [-0.2, 0) is 19.6 Å². The molecule has 2 aromatic carbocycles. The van der Waals surface area contributed by atoms with E-state index in [1.165, 1.54) is 32.0 Å². The number of benzene rings is 2. The molecule has 1 heterocycles. The van der Waals surface area contributed by atoms with Crippen LogP contribution in [0.2, 0.25) is 0 Å². The number of sulfonamides is 1. The number of aromatic nitrogens is 1. The summed E-state index contributed by atoms with van der Waals surface area (Å²) < 4.78 is 27.8. The molecule has 0 bridgehead atoms. The van der Waals surface area contributed by atoms with Crippen molar-refractivity contribution in [3.05, 3.63) is 78.0 Å². The molecule has 0 aliphatic carbocycles. The fraction of sp³-hybridized carbons (Fsp3) is 0.0870. The number of hydrogen-bond donors (Lipinski definition) is 3. The lowest BCUT2D eigenvalue weighted by molar-refractivity contribution is -0.115. The first-order valence-corrected chi connectivity index (χ1v) is 11.0. The average molecular weight is 449 g/mol. The average Bonchev–Trinajstić information content (AvgIpc) is 2.72. The fourth-order valence-electron chi connectivity index (χ4n) is 2.69. The Hall–Kier alpha value is -4.16. The molecule has 0 radical (unpaired) electrons. The molecule has 3 rings (SSSR count). The van der Waals surface area contributed by atoms with Crippen molar-refractivity contribution in [1.29, 1.82) is 0 Å². The van der Waals surface area contributed by atoms with E-state index in [9.17, 15) is 18.0 Å². The Morgan fingerprint density at radius 2 is 1.47 bits per heavy atom. The minimum atomic E-state index is -3.82. The molecule has 0 saturated carbocycles. The predicted molar refractivity (Wildman–Crippen MR) is 123 cm³/mol. The maximum atomic E-state index is 12.7. The number of hydrogen-bond acceptors (Lipinski definition) is 5. The molecule has 0 spiro atoms. The van der Waals surface area contributed by atoms with Gasteiger partial charge in [0.15, 0.2) is 0 Å². The molecular formula is C23H20N4O4S. The van der Waals surface area contributed by atoms with Gasteiger partial charge in [0.05, 0.1) is 10.6 Å². The molecule has 1 aromatic heterocycles. The van der Waals surface area contributed by atoms with E-state index in [2.05, 4.69) is 32.2 Å². The highest BCUT2D eigenvalue weighted by atomic mass is 32.2. The second kappa shape index (κ2) is 9.76. The Balaban J connectivity index is 1.74. The van der Waals surface area contributed by atoms with Crippen LogP contribution < -0.4 is 15.4 Å². The zero-order chi connectivity index (χ0) is 23.1. The number of carbonyl (C=O) groups is 2. The molecule has 2 amide bonds. The Kier molecular flexibility index (Phi) is 6.87. The Bertz CT molecular complexity index is 1320. The standard InChI is InChI=1S/C23H20N4O4S/c1-16(28)24-20-6-3-7-21(15-20)27-32(30,31)22-13-10-18(11-14-22)9-12-19-5-4-8-23(26-19)25-17(2)29/h3-8,10-11,13-15,27H,1-2H3,(H,24,28)(H,25,26,29). The van der Waals surface area contributed by atoms with Crippen LogP contribution in [0.1, 0.15) is 25.1 Å². The van der Waals surface area contributed by atoms with E-state index in [0.717, 1.165) is 0 Å². The first-order chi connectivity index (χ1) is 15.2. The molecule has 0 aliphatic heterocycles. The van der Waals surface area contributed by atoms with Gasteiger partial charge in [-0.2, -0.15) is 0 Å². The van der Waals surface area contributed by atoms with Crippen molar-refractivity contribution in [3.63, 3.8) is 0 Å². The van der Waals surface area contributed by atoms with Gasteiger partial charge >= 0.3 is 0 Å². The monoisotopic (exact) mass is 448 g/mol. The van der Waals surface area contributed by atoms with Crippen molar-refractivity contribution >= 4 is 39.0 Å². The molecule has 3 aromatic rings. The Morgan fingerprint density at radius 3 is 2.16 bits per heavy atom. The van der Waals surface area contributed by atoms with Crippen LogP contribution in [0, 0.1) is 11.8 Å². The van der Waals surface area contributed by atoms with Gasteiger partial charge in [-0.15, -0.1) is 0 Å². The number of amides is 2. The van der Waals surface area contributed by atoms with E-state index in [4.69, 9.17) is 0 Å². The molecule has 9 heteroatoms. The van der Waals surface area contributed by atoms with E-state index in [0.29, 0.717) is 28.5 Å². The summed E-state index contributed by atoms with van der Waals surface area (Å²) in [6.07, 6.45) is 0. The van der Waals surface area contributed by atoms with Gasteiger partial charge in [-0.25, -0.2) is 13.4 Å². The minimum absolute atomic E-state index is 0.0683. The van der Waals surface area contributed by atoms with E-state index < -0.39 is 10.0 Å². The largest absolute Gasteiger partial charge is 0.326 e. The lowest BCUT2D eigenvalue weighted by Crippen LogP contribution is -2.13. The number of anilines is 3. The third-order valence-corrected chi connectivity index (χ3v) is 5.39. The summed E-state index contributed by atoms with van der Waals surface area (Å²) in [5.74, 6) is 5.72. The summed E-state index contributed by atoms with van der Waals surface area (Å²) >= 11 is 0. The van der Waals surface area contributed by atoms with Crippen molar-refractivity contribution in [2.75, 3.05) is 15.4 Å². The molecular weight excluding hydrogens is 428 g/mol. The van der Waals surface area contributed by atoms with Gasteiger partial charge in [-0.3, -0.25) is 14.3 Å².